The van der Waals surface area contributed by atoms with Gasteiger partial charge in [-0.25, -0.2) is 0 Å². The van der Waals surface area contributed by atoms with Crippen molar-refractivity contribution in [1.29, 1.82) is 0 Å². The van der Waals surface area contributed by atoms with Crippen LogP contribution < -0.4 is 0 Å². The van der Waals surface area contributed by atoms with E-state index in [4.69, 9.17) is 0 Å². The fourth-order valence-corrected chi connectivity index (χ4v) is 2.12. The van der Waals surface area contributed by atoms with Crippen LogP contribution in [0.5, 0.6) is 0 Å². The van der Waals surface area contributed by atoms with Crippen LogP contribution in [0.3, 0.4) is 0 Å². The fraction of sp³-hybridized carbons (Fsp3) is 0.385. The van der Waals surface area contributed by atoms with E-state index in [2.05, 4.69) is 43.3 Å². The quantitative estimate of drug-likeness (QED) is 0.565. The van der Waals surface area contributed by atoms with Crippen molar-refractivity contribution in [3.05, 3.63) is 47.5 Å². The van der Waals surface area contributed by atoms with Gasteiger partial charge in [-0.2, -0.15) is 0 Å². The highest BCUT2D eigenvalue weighted by atomic mass is 14.2. The highest BCUT2D eigenvalue weighted by Gasteiger charge is 2.13. The van der Waals surface area contributed by atoms with Gasteiger partial charge in [0.15, 0.2) is 0 Å². The van der Waals surface area contributed by atoms with Crippen molar-refractivity contribution in [3.8, 4) is 0 Å². The lowest BCUT2D eigenvalue weighted by Gasteiger charge is -2.19. The summed E-state index contributed by atoms with van der Waals surface area (Å²) in [5.74, 6) is 0.770. The number of hydrogen-bond acceptors (Lipinski definition) is 0. The Bertz CT molecular complexity index is 310. The van der Waals surface area contributed by atoms with Gasteiger partial charge in [0, 0.05) is 0 Å². The second-order valence-electron chi connectivity index (χ2n) is 3.84. The standard InChI is InChI=1S/C13H16/c1-11-7-5-6-10-13(11)12-8-3-2-4-9-12/h2-3,5-7,10,12H,4,8-9H2,1H3. The summed E-state index contributed by atoms with van der Waals surface area (Å²) < 4.78 is 0. The molecule has 0 aliphatic heterocycles. The van der Waals surface area contributed by atoms with Gasteiger partial charge in [0.1, 0.15) is 0 Å². The molecule has 0 fully saturated rings. The van der Waals surface area contributed by atoms with Crippen molar-refractivity contribution < 1.29 is 0 Å². The average Bonchev–Trinajstić information content (AvgIpc) is 2.20. The number of rotatable bonds is 1. The summed E-state index contributed by atoms with van der Waals surface area (Å²) in [5, 5.41) is 0. The number of benzene rings is 1. The van der Waals surface area contributed by atoms with E-state index in [0.29, 0.717) is 0 Å². The summed E-state index contributed by atoms with van der Waals surface area (Å²) >= 11 is 0. The Morgan fingerprint density at radius 3 is 2.69 bits per heavy atom. The predicted octanol–water partition coefficient (Wildman–Crippen LogP) is 3.82. The molecule has 0 radical (unpaired) electrons. The van der Waals surface area contributed by atoms with E-state index < -0.39 is 0 Å². The lowest BCUT2D eigenvalue weighted by molar-refractivity contribution is 0.614. The Morgan fingerprint density at radius 2 is 2.00 bits per heavy atom. The maximum atomic E-state index is 2.32. The van der Waals surface area contributed by atoms with Crippen molar-refractivity contribution in [3.63, 3.8) is 0 Å². The van der Waals surface area contributed by atoms with Gasteiger partial charge in [-0.1, -0.05) is 36.4 Å². The number of hydrogen-bond donors (Lipinski definition) is 0. The van der Waals surface area contributed by atoms with Crippen molar-refractivity contribution in [2.45, 2.75) is 32.1 Å². The normalized spacial score (nSPS) is 21.8. The third-order valence-electron chi connectivity index (χ3n) is 2.90. The third-order valence-corrected chi connectivity index (χ3v) is 2.90. The van der Waals surface area contributed by atoms with Crippen molar-refractivity contribution in [2.75, 3.05) is 0 Å². The zero-order valence-corrected chi connectivity index (χ0v) is 8.16. The van der Waals surface area contributed by atoms with Gasteiger partial charge in [0.2, 0.25) is 0 Å². The van der Waals surface area contributed by atoms with Crippen LogP contribution in [0.2, 0.25) is 0 Å². The molecule has 0 amide bonds. The second-order valence-corrected chi connectivity index (χ2v) is 3.84. The van der Waals surface area contributed by atoms with E-state index in [0.717, 1.165) is 5.92 Å². The van der Waals surface area contributed by atoms with Gasteiger partial charge in [0.25, 0.3) is 0 Å². The molecule has 0 aromatic heterocycles. The summed E-state index contributed by atoms with van der Waals surface area (Å²) in [4.78, 5) is 0. The van der Waals surface area contributed by atoms with Gasteiger partial charge < -0.3 is 0 Å². The summed E-state index contributed by atoms with van der Waals surface area (Å²) in [6, 6.07) is 8.77. The Hall–Kier alpha value is -1.04. The molecule has 0 heteroatoms. The molecule has 1 aliphatic carbocycles. The molecule has 0 N–H and O–H groups in total. The lowest BCUT2D eigenvalue weighted by atomic mass is 9.86. The molecular formula is C13H16. The molecule has 0 saturated heterocycles. The largest absolute Gasteiger partial charge is 0.0885 e. The fourth-order valence-electron chi connectivity index (χ4n) is 2.12. The summed E-state index contributed by atoms with van der Waals surface area (Å²) in [5.41, 5.74) is 3.00. The first-order valence-corrected chi connectivity index (χ1v) is 5.08. The molecule has 1 unspecified atom stereocenters. The number of aryl methyl sites for hydroxylation is 1. The zero-order valence-electron chi connectivity index (χ0n) is 8.16. The Labute approximate surface area is 80.3 Å². The topological polar surface area (TPSA) is 0 Å². The van der Waals surface area contributed by atoms with Gasteiger partial charge in [-0.15, -0.1) is 0 Å². The van der Waals surface area contributed by atoms with Crippen molar-refractivity contribution in [2.24, 2.45) is 0 Å². The molecule has 0 nitrogen and oxygen atoms in total. The van der Waals surface area contributed by atoms with Crippen LogP contribution in [0.25, 0.3) is 0 Å². The minimum atomic E-state index is 0.770. The highest BCUT2D eigenvalue weighted by Crippen LogP contribution is 2.30. The average molecular weight is 172 g/mol. The molecule has 2 rings (SSSR count). The smallest absolute Gasteiger partial charge is 0.0122 e. The van der Waals surface area contributed by atoms with Gasteiger partial charge in [0.05, 0.1) is 0 Å². The Kier molecular flexibility index (Phi) is 2.49. The first kappa shape index (κ1) is 8.55. The summed E-state index contributed by atoms with van der Waals surface area (Å²) in [6.07, 6.45) is 8.42. The van der Waals surface area contributed by atoms with E-state index in [9.17, 15) is 0 Å². The third kappa shape index (κ3) is 1.82. The maximum Gasteiger partial charge on any atom is -0.0122 e. The van der Waals surface area contributed by atoms with Crippen LogP contribution in [0, 0.1) is 6.92 Å². The maximum absolute atomic E-state index is 2.32. The molecule has 13 heavy (non-hydrogen) atoms. The SMILES string of the molecule is Cc1ccccc1C1CC=CCC1. The molecule has 1 aromatic carbocycles. The predicted molar refractivity (Wildman–Crippen MR) is 56.9 cm³/mol. The van der Waals surface area contributed by atoms with Crippen molar-refractivity contribution >= 4 is 0 Å². The Balaban J connectivity index is 2.24. The van der Waals surface area contributed by atoms with E-state index >= 15 is 0 Å². The van der Waals surface area contributed by atoms with Gasteiger partial charge >= 0.3 is 0 Å². The second kappa shape index (κ2) is 3.78. The summed E-state index contributed by atoms with van der Waals surface area (Å²) in [6.45, 7) is 2.22. The zero-order chi connectivity index (χ0) is 9.10. The van der Waals surface area contributed by atoms with Crippen molar-refractivity contribution in [1.82, 2.24) is 0 Å². The molecule has 1 atom stereocenters. The molecule has 1 aromatic rings. The lowest BCUT2D eigenvalue weighted by Crippen LogP contribution is -2.02. The van der Waals surface area contributed by atoms with Crippen LogP contribution in [0.15, 0.2) is 36.4 Å². The molecular weight excluding hydrogens is 156 g/mol. The van der Waals surface area contributed by atoms with Crippen LogP contribution in [0.1, 0.15) is 36.3 Å². The van der Waals surface area contributed by atoms with Crippen LogP contribution in [-0.2, 0) is 0 Å². The molecule has 0 saturated carbocycles. The van der Waals surface area contributed by atoms with E-state index in [1.54, 1.807) is 5.56 Å². The Morgan fingerprint density at radius 1 is 1.15 bits per heavy atom. The monoisotopic (exact) mass is 172 g/mol. The summed E-state index contributed by atoms with van der Waals surface area (Å²) in [7, 11) is 0. The van der Waals surface area contributed by atoms with E-state index in [1.165, 1.54) is 24.8 Å². The first-order valence-electron chi connectivity index (χ1n) is 5.08. The molecule has 1 aliphatic rings. The van der Waals surface area contributed by atoms with Crippen LogP contribution >= 0.6 is 0 Å². The molecule has 0 bridgehead atoms. The van der Waals surface area contributed by atoms with Gasteiger partial charge in [-0.05, 0) is 43.2 Å². The number of allylic oxidation sites excluding steroid dienone is 2. The van der Waals surface area contributed by atoms with Crippen LogP contribution in [0.4, 0.5) is 0 Å². The van der Waals surface area contributed by atoms with E-state index in [-0.39, 0.29) is 0 Å². The minimum Gasteiger partial charge on any atom is -0.0885 e. The highest BCUT2D eigenvalue weighted by molar-refractivity contribution is 5.30. The van der Waals surface area contributed by atoms with E-state index in [1.807, 2.05) is 0 Å². The molecule has 0 heterocycles. The minimum absolute atomic E-state index is 0.770. The first-order chi connectivity index (χ1) is 6.38. The van der Waals surface area contributed by atoms with Gasteiger partial charge in [-0.3, -0.25) is 0 Å². The molecule has 68 valence electrons. The molecule has 0 spiro atoms. The van der Waals surface area contributed by atoms with Crippen LogP contribution in [-0.4, -0.2) is 0 Å².